The molecule has 2 aromatic carbocycles. The summed E-state index contributed by atoms with van der Waals surface area (Å²) in [5.41, 5.74) is 7.84. The molecule has 0 unspecified atom stereocenters. The van der Waals surface area contributed by atoms with Gasteiger partial charge in [-0.2, -0.15) is 5.26 Å². The monoisotopic (exact) mass is 532 g/mol. The van der Waals surface area contributed by atoms with Gasteiger partial charge in [0, 0.05) is 66.4 Å². The number of nitrogens with one attached hydrogen (secondary N) is 2. The molecule has 4 aromatic rings. The quantitative estimate of drug-likeness (QED) is 0.306. The van der Waals surface area contributed by atoms with Crippen LogP contribution in [-0.4, -0.2) is 65.2 Å². The number of piperidine rings is 1. The molecule has 0 bridgehead atoms. The minimum absolute atomic E-state index is 0.518. The molecule has 2 aromatic heterocycles. The summed E-state index contributed by atoms with van der Waals surface area (Å²) in [4.78, 5) is 12.8. The third-order valence-corrected chi connectivity index (χ3v) is 8.29. The molecule has 0 radical (unpaired) electrons. The van der Waals surface area contributed by atoms with E-state index in [9.17, 15) is 5.26 Å². The first kappa shape index (κ1) is 26.3. The van der Waals surface area contributed by atoms with Crippen LogP contribution in [0, 0.1) is 18.3 Å². The zero-order chi connectivity index (χ0) is 27.3. The Labute approximate surface area is 236 Å². The molecule has 2 aliphatic rings. The Bertz CT molecular complexity index is 1540. The SMILES string of the molecule is Cc1c(Nc2c(C#N)cncc2/C=C/c2cccc(CN3CCC(N4CCOCC4)CC3)c2)ccc2[nH]ccc12. The van der Waals surface area contributed by atoms with Crippen molar-refractivity contribution >= 4 is 34.4 Å². The van der Waals surface area contributed by atoms with Crippen LogP contribution in [0.15, 0.2) is 61.1 Å². The normalized spacial score (nSPS) is 17.4. The van der Waals surface area contributed by atoms with Gasteiger partial charge < -0.3 is 15.0 Å². The van der Waals surface area contributed by atoms with Gasteiger partial charge in [0.1, 0.15) is 6.07 Å². The summed E-state index contributed by atoms with van der Waals surface area (Å²) in [6, 6.07) is 17.9. The number of aryl methyl sites for hydroxylation is 1. The van der Waals surface area contributed by atoms with Crippen LogP contribution >= 0.6 is 0 Å². The van der Waals surface area contributed by atoms with E-state index in [0.29, 0.717) is 11.6 Å². The Morgan fingerprint density at radius 1 is 1.07 bits per heavy atom. The van der Waals surface area contributed by atoms with Crippen LogP contribution in [0.5, 0.6) is 0 Å². The standard InChI is InChI=1S/C33H36N6O/c1-24-30-9-12-36-32(30)8-7-31(24)37-33-27(21-35-22-28(33)20-34)6-5-25-3-2-4-26(19-25)23-38-13-10-29(11-14-38)39-15-17-40-18-16-39/h2-9,12,19,21-22,29,36H,10-11,13-18,23H2,1H3,(H,35,37)/b6-5+. The first-order valence-electron chi connectivity index (χ1n) is 14.2. The molecule has 0 amide bonds. The summed E-state index contributed by atoms with van der Waals surface area (Å²) >= 11 is 0. The van der Waals surface area contributed by atoms with Crippen molar-refractivity contribution in [2.24, 2.45) is 0 Å². The van der Waals surface area contributed by atoms with E-state index < -0.39 is 0 Å². The fraction of sp³-hybridized carbons (Fsp3) is 0.333. The maximum Gasteiger partial charge on any atom is 0.103 e. The van der Waals surface area contributed by atoms with Gasteiger partial charge in [-0.1, -0.05) is 36.4 Å². The number of nitrogens with zero attached hydrogens (tertiary/aromatic N) is 4. The molecular weight excluding hydrogens is 496 g/mol. The Morgan fingerprint density at radius 2 is 1.93 bits per heavy atom. The van der Waals surface area contributed by atoms with E-state index in [1.807, 2.05) is 18.5 Å². The summed E-state index contributed by atoms with van der Waals surface area (Å²) in [6.07, 6.45) is 12.0. The molecule has 7 heteroatoms. The number of H-pyrrole nitrogens is 1. The van der Waals surface area contributed by atoms with Gasteiger partial charge in [-0.3, -0.25) is 14.8 Å². The molecule has 0 spiro atoms. The number of fused-ring (bicyclic) bond motifs is 1. The largest absolute Gasteiger partial charge is 0.379 e. The number of aromatic amines is 1. The van der Waals surface area contributed by atoms with E-state index in [0.717, 1.165) is 84.9 Å². The summed E-state index contributed by atoms with van der Waals surface area (Å²) in [5, 5.41) is 14.5. The van der Waals surface area contributed by atoms with Gasteiger partial charge in [-0.15, -0.1) is 0 Å². The van der Waals surface area contributed by atoms with E-state index in [1.54, 1.807) is 6.20 Å². The lowest BCUT2D eigenvalue weighted by molar-refractivity contribution is 0.000230. The molecule has 0 saturated carbocycles. The summed E-state index contributed by atoms with van der Waals surface area (Å²) in [6.45, 7) is 9.23. The number of hydrogen-bond donors (Lipinski definition) is 2. The molecule has 0 aliphatic carbocycles. The van der Waals surface area contributed by atoms with Gasteiger partial charge in [0.2, 0.25) is 0 Å². The van der Waals surface area contributed by atoms with Crippen LogP contribution in [0.3, 0.4) is 0 Å². The predicted molar refractivity (Wildman–Crippen MR) is 161 cm³/mol. The lowest BCUT2D eigenvalue weighted by Gasteiger charge is -2.40. The van der Waals surface area contributed by atoms with E-state index in [4.69, 9.17) is 4.74 Å². The van der Waals surface area contributed by atoms with Gasteiger partial charge in [0.15, 0.2) is 0 Å². The third kappa shape index (κ3) is 5.80. The van der Waals surface area contributed by atoms with E-state index in [2.05, 4.69) is 86.6 Å². The average Bonchev–Trinajstić information content (AvgIpc) is 3.49. The van der Waals surface area contributed by atoms with E-state index in [1.165, 1.54) is 18.4 Å². The number of rotatable bonds is 7. The summed E-state index contributed by atoms with van der Waals surface area (Å²) in [7, 11) is 0. The van der Waals surface area contributed by atoms with Crippen molar-refractivity contribution in [3.63, 3.8) is 0 Å². The molecule has 6 rings (SSSR count). The molecule has 204 valence electrons. The van der Waals surface area contributed by atoms with Crippen LogP contribution < -0.4 is 5.32 Å². The highest BCUT2D eigenvalue weighted by atomic mass is 16.5. The lowest BCUT2D eigenvalue weighted by Crippen LogP contribution is -2.48. The molecule has 2 aliphatic heterocycles. The summed E-state index contributed by atoms with van der Waals surface area (Å²) in [5.74, 6) is 0. The highest BCUT2D eigenvalue weighted by Crippen LogP contribution is 2.31. The molecule has 2 N–H and O–H groups in total. The van der Waals surface area contributed by atoms with Crippen LogP contribution in [0.25, 0.3) is 23.1 Å². The van der Waals surface area contributed by atoms with Crippen molar-refractivity contribution in [3.05, 3.63) is 88.9 Å². The number of hydrogen-bond acceptors (Lipinski definition) is 6. The van der Waals surface area contributed by atoms with Crippen LogP contribution in [-0.2, 0) is 11.3 Å². The van der Waals surface area contributed by atoms with Crippen molar-refractivity contribution in [1.82, 2.24) is 19.8 Å². The highest BCUT2D eigenvalue weighted by molar-refractivity contribution is 5.90. The van der Waals surface area contributed by atoms with Crippen molar-refractivity contribution < 1.29 is 4.74 Å². The predicted octanol–water partition coefficient (Wildman–Crippen LogP) is 5.95. The third-order valence-electron chi connectivity index (χ3n) is 8.29. The molecule has 2 fully saturated rings. The lowest BCUT2D eigenvalue weighted by atomic mass is 10.0. The zero-order valence-electron chi connectivity index (χ0n) is 23.1. The van der Waals surface area contributed by atoms with Gasteiger partial charge in [0.25, 0.3) is 0 Å². The minimum Gasteiger partial charge on any atom is -0.379 e. The van der Waals surface area contributed by atoms with E-state index in [-0.39, 0.29) is 0 Å². The second-order valence-corrected chi connectivity index (χ2v) is 10.8. The highest BCUT2D eigenvalue weighted by Gasteiger charge is 2.25. The number of morpholine rings is 1. The second kappa shape index (κ2) is 12.1. The second-order valence-electron chi connectivity index (χ2n) is 10.8. The zero-order valence-corrected chi connectivity index (χ0v) is 23.1. The number of ether oxygens (including phenoxy) is 1. The molecule has 7 nitrogen and oxygen atoms in total. The smallest absolute Gasteiger partial charge is 0.103 e. The van der Waals surface area contributed by atoms with Crippen molar-refractivity contribution in [2.45, 2.75) is 32.4 Å². The Hall–Kier alpha value is -3.96. The average molecular weight is 533 g/mol. The van der Waals surface area contributed by atoms with Crippen LogP contribution in [0.1, 0.15) is 40.7 Å². The fourth-order valence-corrected chi connectivity index (χ4v) is 6.01. The number of pyridine rings is 1. The van der Waals surface area contributed by atoms with Crippen molar-refractivity contribution in [1.29, 1.82) is 5.26 Å². The topological polar surface area (TPSA) is 80.2 Å². The van der Waals surface area contributed by atoms with Gasteiger partial charge >= 0.3 is 0 Å². The van der Waals surface area contributed by atoms with Gasteiger partial charge in [0.05, 0.1) is 24.5 Å². The number of aromatic nitrogens is 2. The van der Waals surface area contributed by atoms with Crippen molar-refractivity contribution in [3.8, 4) is 6.07 Å². The number of anilines is 2. The maximum atomic E-state index is 9.82. The fourth-order valence-electron chi connectivity index (χ4n) is 6.01. The van der Waals surface area contributed by atoms with Crippen molar-refractivity contribution in [2.75, 3.05) is 44.7 Å². The number of benzene rings is 2. The maximum absolute atomic E-state index is 9.82. The molecule has 4 heterocycles. The molecular formula is C33H36N6O. The molecule has 0 atom stereocenters. The Kier molecular flexibility index (Phi) is 7.92. The van der Waals surface area contributed by atoms with E-state index >= 15 is 0 Å². The minimum atomic E-state index is 0.518. The molecule has 2 saturated heterocycles. The molecule has 40 heavy (non-hydrogen) atoms. The van der Waals surface area contributed by atoms with Crippen LogP contribution in [0.2, 0.25) is 0 Å². The summed E-state index contributed by atoms with van der Waals surface area (Å²) < 4.78 is 5.53. The first-order valence-corrected chi connectivity index (χ1v) is 14.2. The van der Waals surface area contributed by atoms with Gasteiger partial charge in [-0.05, 0) is 67.7 Å². The number of nitriles is 1. The first-order chi connectivity index (χ1) is 19.7. The van der Waals surface area contributed by atoms with Gasteiger partial charge in [-0.25, -0.2) is 0 Å². The van der Waals surface area contributed by atoms with Crippen LogP contribution in [0.4, 0.5) is 11.4 Å². The Balaban J connectivity index is 1.15. The number of likely N-dealkylation sites (tertiary alicyclic amines) is 1. The Morgan fingerprint density at radius 3 is 2.75 bits per heavy atom.